The summed E-state index contributed by atoms with van der Waals surface area (Å²) in [5.41, 5.74) is 0. The van der Waals surface area contributed by atoms with Gasteiger partial charge in [0.1, 0.15) is 0 Å². The van der Waals surface area contributed by atoms with Gasteiger partial charge in [-0.2, -0.15) is 0 Å². The predicted molar refractivity (Wildman–Crippen MR) is 58.0 cm³/mol. The fourth-order valence-corrected chi connectivity index (χ4v) is 1.96. The average Bonchev–Trinajstić information content (AvgIpc) is 2.51. The van der Waals surface area contributed by atoms with E-state index >= 15 is 0 Å². The van der Waals surface area contributed by atoms with Crippen LogP contribution in [0.25, 0.3) is 0 Å². The van der Waals surface area contributed by atoms with Crippen molar-refractivity contribution in [1.82, 2.24) is 15.5 Å². The first-order chi connectivity index (χ1) is 6.77. The SMILES string of the molecule is Cl.O=C1CNC(=O)N1CC1CCNCC1. The van der Waals surface area contributed by atoms with E-state index < -0.39 is 0 Å². The lowest BCUT2D eigenvalue weighted by atomic mass is 9.98. The summed E-state index contributed by atoms with van der Waals surface area (Å²) in [6.07, 6.45) is 2.11. The van der Waals surface area contributed by atoms with Crippen LogP contribution in [0.2, 0.25) is 0 Å². The zero-order valence-corrected chi connectivity index (χ0v) is 9.31. The summed E-state index contributed by atoms with van der Waals surface area (Å²) in [7, 11) is 0. The van der Waals surface area contributed by atoms with Crippen LogP contribution in [0.5, 0.6) is 0 Å². The van der Waals surface area contributed by atoms with Crippen molar-refractivity contribution < 1.29 is 9.59 Å². The standard InChI is InChI=1S/C9H15N3O2.ClH/c13-8-5-11-9(14)12(8)6-7-1-3-10-4-2-7;/h7,10H,1-6H2,(H,11,14);1H. The first-order valence-electron chi connectivity index (χ1n) is 5.06. The van der Waals surface area contributed by atoms with Gasteiger partial charge in [-0.3, -0.25) is 9.69 Å². The molecule has 0 spiro atoms. The normalized spacial score (nSPS) is 22.5. The van der Waals surface area contributed by atoms with Crippen LogP contribution in [0.15, 0.2) is 0 Å². The second kappa shape index (κ2) is 5.32. The number of nitrogens with one attached hydrogen (secondary N) is 2. The lowest BCUT2D eigenvalue weighted by Gasteiger charge is -2.25. The van der Waals surface area contributed by atoms with E-state index in [-0.39, 0.29) is 30.9 Å². The Kier molecular flexibility index (Phi) is 4.35. The first-order valence-corrected chi connectivity index (χ1v) is 5.06. The van der Waals surface area contributed by atoms with Gasteiger partial charge in [0.2, 0.25) is 5.91 Å². The number of piperidine rings is 1. The van der Waals surface area contributed by atoms with Crippen LogP contribution in [0.1, 0.15) is 12.8 Å². The van der Waals surface area contributed by atoms with Crippen LogP contribution in [-0.2, 0) is 4.79 Å². The molecule has 2 fully saturated rings. The minimum absolute atomic E-state index is 0. The second-order valence-corrected chi connectivity index (χ2v) is 3.86. The number of nitrogens with zero attached hydrogens (tertiary/aromatic N) is 1. The highest BCUT2D eigenvalue weighted by atomic mass is 35.5. The Hall–Kier alpha value is -0.810. The molecule has 0 aliphatic carbocycles. The Morgan fingerprint density at radius 2 is 1.93 bits per heavy atom. The van der Waals surface area contributed by atoms with Crippen molar-refractivity contribution in [3.05, 3.63) is 0 Å². The average molecular weight is 234 g/mol. The Morgan fingerprint density at radius 3 is 2.47 bits per heavy atom. The number of halogens is 1. The van der Waals surface area contributed by atoms with Gasteiger partial charge < -0.3 is 10.6 Å². The number of imide groups is 1. The number of urea groups is 1. The maximum absolute atomic E-state index is 11.3. The van der Waals surface area contributed by atoms with Crippen molar-refractivity contribution in [2.24, 2.45) is 5.92 Å². The van der Waals surface area contributed by atoms with E-state index in [1.807, 2.05) is 0 Å². The second-order valence-electron chi connectivity index (χ2n) is 3.86. The van der Waals surface area contributed by atoms with E-state index in [1.165, 1.54) is 4.90 Å². The molecular weight excluding hydrogens is 218 g/mol. The van der Waals surface area contributed by atoms with Gasteiger partial charge in [-0.05, 0) is 31.8 Å². The van der Waals surface area contributed by atoms with Crippen LogP contribution in [0.3, 0.4) is 0 Å². The fraction of sp³-hybridized carbons (Fsp3) is 0.778. The highest BCUT2D eigenvalue weighted by Gasteiger charge is 2.30. The van der Waals surface area contributed by atoms with Gasteiger partial charge in [0.25, 0.3) is 0 Å². The van der Waals surface area contributed by atoms with Crippen molar-refractivity contribution in [1.29, 1.82) is 0 Å². The molecule has 2 N–H and O–H groups in total. The van der Waals surface area contributed by atoms with Crippen molar-refractivity contribution in [3.8, 4) is 0 Å². The van der Waals surface area contributed by atoms with Crippen LogP contribution in [-0.4, -0.2) is 43.0 Å². The largest absolute Gasteiger partial charge is 0.329 e. The quantitative estimate of drug-likeness (QED) is 0.658. The van der Waals surface area contributed by atoms with E-state index in [9.17, 15) is 9.59 Å². The third-order valence-electron chi connectivity index (χ3n) is 2.84. The Labute approximate surface area is 95.0 Å². The number of amides is 3. The van der Waals surface area contributed by atoms with Crippen molar-refractivity contribution in [3.63, 3.8) is 0 Å². The number of carbonyl (C=O) groups excluding carboxylic acids is 2. The van der Waals surface area contributed by atoms with Gasteiger partial charge >= 0.3 is 6.03 Å². The molecule has 3 amide bonds. The lowest BCUT2D eigenvalue weighted by molar-refractivity contribution is -0.125. The summed E-state index contributed by atoms with van der Waals surface area (Å²) >= 11 is 0. The molecule has 0 bridgehead atoms. The molecule has 2 heterocycles. The van der Waals surface area contributed by atoms with E-state index in [1.54, 1.807) is 0 Å². The molecule has 0 aromatic carbocycles. The third kappa shape index (κ3) is 2.82. The highest BCUT2D eigenvalue weighted by Crippen LogP contribution is 2.14. The van der Waals surface area contributed by atoms with Gasteiger partial charge in [-0.25, -0.2) is 4.79 Å². The van der Waals surface area contributed by atoms with Crippen LogP contribution < -0.4 is 10.6 Å². The maximum atomic E-state index is 11.3. The third-order valence-corrected chi connectivity index (χ3v) is 2.84. The molecule has 15 heavy (non-hydrogen) atoms. The molecule has 0 saturated carbocycles. The highest BCUT2D eigenvalue weighted by molar-refractivity contribution is 6.01. The van der Waals surface area contributed by atoms with Gasteiger partial charge in [-0.1, -0.05) is 0 Å². The zero-order valence-electron chi connectivity index (χ0n) is 8.49. The van der Waals surface area contributed by atoms with Crippen molar-refractivity contribution in [2.75, 3.05) is 26.2 Å². The number of hydrogen-bond acceptors (Lipinski definition) is 3. The van der Waals surface area contributed by atoms with Gasteiger partial charge in [0, 0.05) is 6.54 Å². The molecule has 0 aromatic rings. The summed E-state index contributed by atoms with van der Waals surface area (Å²) < 4.78 is 0. The van der Waals surface area contributed by atoms with Gasteiger partial charge in [0.15, 0.2) is 0 Å². The van der Waals surface area contributed by atoms with Crippen LogP contribution >= 0.6 is 12.4 Å². The molecule has 2 aliphatic rings. The van der Waals surface area contributed by atoms with Crippen LogP contribution in [0.4, 0.5) is 4.79 Å². The molecule has 2 aliphatic heterocycles. The maximum Gasteiger partial charge on any atom is 0.324 e. The van der Waals surface area contributed by atoms with E-state index in [0.717, 1.165) is 25.9 Å². The molecule has 2 rings (SSSR count). The minimum atomic E-state index is -0.228. The van der Waals surface area contributed by atoms with Crippen molar-refractivity contribution in [2.45, 2.75) is 12.8 Å². The van der Waals surface area contributed by atoms with E-state index in [0.29, 0.717) is 12.5 Å². The summed E-state index contributed by atoms with van der Waals surface area (Å²) in [5, 5.41) is 5.79. The topological polar surface area (TPSA) is 61.4 Å². The molecular formula is C9H16ClN3O2. The monoisotopic (exact) mass is 233 g/mol. The lowest BCUT2D eigenvalue weighted by Crippen LogP contribution is -2.39. The molecule has 86 valence electrons. The van der Waals surface area contributed by atoms with Gasteiger partial charge in [0.05, 0.1) is 6.54 Å². The molecule has 0 unspecified atom stereocenters. The minimum Gasteiger partial charge on any atom is -0.329 e. The van der Waals surface area contributed by atoms with Crippen LogP contribution in [0, 0.1) is 5.92 Å². The summed E-state index contributed by atoms with van der Waals surface area (Å²) in [6, 6.07) is -0.228. The Balaban J connectivity index is 0.00000112. The Morgan fingerprint density at radius 1 is 1.27 bits per heavy atom. The molecule has 0 radical (unpaired) electrons. The van der Waals surface area contributed by atoms with Crippen molar-refractivity contribution >= 4 is 24.3 Å². The van der Waals surface area contributed by atoms with Gasteiger partial charge in [-0.15, -0.1) is 12.4 Å². The molecule has 5 nitrogen and oxygen atoms in total. The van der Waals surface area contributed by atoms with E-state index in [2.05, 4.69) is 10.6 Å². The summed E-state index contributed by atoms with van der Waals surface area (Å²) in [4.78, 5) is 23.9. The number of rotatable bonds is 2. The summed E-state index contributed by atoms with van der Waals surface area (Å²) in [6.45, 7) is 2.75. The Bertz CT molecular complexity index is 238. The molecule has 2 saturated heterocycles. The predicted octanol–water partition coefficient (Wildman–Crippen LogP) is -0.0404. The van der Waals surface area contributed by atoms with E-state index in [4.69, 9.17) is 0 Å². The fourth-order valence-electron chi connectivity index (χ4n) is 1.96. The molecule has 6 heteroatoms. The summed E-state index contributed by atoms with van der Waals surface area (Å²) in [5.74, 6) is 0.387. The molecule has 0 atom stereocenters. The molecule has 0 aromatic heterocycles. The smallest absolute Gasteiger partial charge is 0.324 e. The number of hydrogen-bond donors (Lipinski definition) is 2. The first kappa shape index (κ1) is 12.3. The zero-order chi connectivity index (χ0) is 9.97. The number of carbonyl (C=O) groups is 2.